The fraction of sp³-hybridized carbons (Fsp3) is 0.600. The molecule has 1 heterocycles. The van der Waals surface area contributed by atoms with Crippen molar-refractivity contribution in [1.29, 1.82) is 0 Å². The Hall–Kier alpha value is -1.21. The molecule has 0 aliphatic carbocycles. The van der Waals surface area contributed by atoms with E-state index in [1.807, 2.05) is 0 Å². The van der Waals surface area contributed by atoms with Crippen LogP contribution in [0, 0.1) is 5.82 Å². The van der Waals surface area contributed by atoms with Gasteiger partial charge in [0.05, 0.1) is 25.9 Å². The highest BCUT2D eigenvalue weighted by atomic mass is 19.1. The van der Waals surface area contributed by atoms with E-state index in [9.17, 15) is 4.39 Å². The second-order valence-corrected chi connectivity index (χ2v) is 5.22. The Bertz CT molecular complexity index is 457. The van der Waals surface area contributed by atoms with Crippen molar-refractivity contribution in [3.8, 4) is 5.75 Å². The molecule has 1 aliphatic rings. The summed E-state index contributed by atoms with van der Waals surface area (Å²) < 4.78 is 25.3. The molecule has 118 valence electrons. The third-order valence-electron chi connectivity index (χ3n) is 3.82. The predicted octanol–water partition coefficient (Wildman–Crippen LogP) is 1.45. The van der Waals surface area contributed by atoms with Crippen LogP contribution in [0.1, 0.15) is 24.9 Å². The number of nitrogens with zero attached hydrogens (tertiary/aromatic N) is 1. The fourth-order valence-electron chi connectivity index (χ4n) is 2.78. The van der Waals surface area contributed by atoms with E-state index in [4.69, 9.17) is 15.3 Å². The molecule has 0 amide bonds. The molecule has 0 aromatic heterocycles. The molecule has 1 saturated heterocycles. The molecule has 2 atom stereocenters. The van der Waals surface area contributed by atoms with Crippen LogP contribution in [0.3, 0.4) is 0 Å². The average Bonchev–Trinajstić information content (AvgIpc) is 2.50. The predicted molar refractivity (Wildman–Crippen MR) is 79.5 cm³/mol. The van der Waals surface area contributed by atoms with Gasteiger partial charge in [-0.15, -0.1) is 0 Å². The van der Waals surface area contributed by atoms with Gasteiger partial charge in [0.2, 0.25) is 0 Å². The number of rotatable bonds is 6. The molecule has 5 nitrogen and oxygen atoms in total. The first-order chi connectivity index (χ1) is 10.2. The number of hydrogen-bond donors (Lipinski definition) is 2. The van der Waals surface area contributed by atoms with Crippen molar-refractivity contribution in [3.05, 3.63) is 29.6 Å². The normalized spacial score (nSPS) is 21.2. The molecule has 0 spiro atoms. The van der Waals surface area contributed by atoms with E-state index >= 15 is 0 Å². The molecule has 2 rings (SSSR count). The molecule has 2 unspecified atom stereocenters. The lowest BCUT2D eigenvalue weighted by atomic mass is 9.99. The summed E-state index contributed by atoms with van der Waals surface area (Å²) in [6, 6.07) is 4.66. The smallest absolute Gasteiger partial charge is 0.169 e. The summed E-state index contributed by atoms with van der Waals surface area (Å²) in [5.41, 5.74) is 3.17. The first-order valence-electron chi connectivity index (χ1n) is 7.33. The summed E-state index contributed by atoms with van der Waals surface area (Å²) in [7, 11) is 1.45. The maximum absolute atomic E-state index is 14.4. The van der Waals surface area contributed by atoms with Crippen molar-refractivity contribution in [1.82, 2.24) is 10.3 Å². The van der Waals surface area contributed by atoms with E-state index in [0.717, 1.165) is 26.1 Å². The number of nitrogens with one attached hydrogen (secondary N) is 1. The van der Waals surface area contributed by atoms with E-state index in [1.54, 1.807) is 18.2 Å². The Morgan fingerprint density at radius 2 is 2.38 bits per heavy atom. The van der Waals surface area contributed by atoms with Crippen LogP contribution in [0.2, 0.25) is 0 Å². The lowest BCUT2D eigenvalue weighted by Gasteiger charge is -2.37. The number of hydrogen-bond acceptors (Lipinski definition) is 5. The summed E-state index contributed by atoms with van der Waals surface area (Å²) in [6.45, 7) is 5.43. The molecule has 1 aliphatic heterocycles. The van der Waals surface area contributed by atoms with E-state index in [0.29, 0.717) is 12.2 Å². The molecule has 0 saturated carbocycles. The minimum Gasteiger partial charge on any atom is -0.494 e. The van der Waals surface area contributed by atoms with Gasteiger partial charge in [0, 0.05) is 18.7 Å². The molecule has 21 heavy (non-hydrogen) atoms. The standard InChI is InChI=1S/C15H24FN3O2/c1-3-7-19-8-9-21-13(10-19)15(18-17)11-5-4-6-12(20-2)14(11)16/h4-6,13,15,18H,3,7-10,17H2,1-2H3. The molecular formula is C15H24FN3O2. The third kappa shape index (κ3) is 3.71. The topological polar surface area (TPSA) is 59.8 Å². The van der Waals surface area contributed by atoms with Crippen molar-refractivity contribution in [2.24, 2.45) is 5.84 Å². The maximum Gasteiger partial charge on any atom is 0.169 e. The molecule has 3 N–H and O–H groups in total. The minimum atomic E-state index is -0.403. The van der Waals surface area contributed by atoms with Crippen LogP contribution < -0.4 is 16.0 Å². The van der Waals surface area contributed by atoms with Crippen molar-refractivity contribution >= 4 is 0 Å². The number of benzene rings is 1. The number of methoxy groups -OCH3 is 1. The van der Waals surface area contributed by atoms with Crippen LogP contribution in [-0.2, 0) is 4.74 Å². The third-order valence-corrected chi connectivity index (χ3v) is 3.82. The highest BCUT2D eigenvalue weighted by Gasteiger charge is 2.30. The first kappa shape index (κ1) is 16.2. The van der Waals surface area contributed by atoms with Crippen LogP contribution in [0.4, 0.5) is 4.39 Å². The van der Waals surface area contributed by atoms with E-state index in [-0.39, 0.29) is 17.7 Å². The van der Waals surface area contributed by atoms with Gasteiger partial charge < -0.3 is 9.47 Å². The van der Waals surface area contributed by atoms with E-state index in [2.05, 4.69) is 17.2 Å². The second-order valence-electron chi connectivity index (χ2n) is 5.22. The average molecular weight is 297 g/mol. The Kier molecular flexibility index (Phi) is 5.93. The summed E-state index contributed by atoms with van der Waals surface area (Å²) in [5, 5.41) is 0. The highest BCUT2D eigenvalue weighted by Crippen LogP contribution is 2.28. The van der Waals surface area contributed by atoms with Crippen LogP contribution in [-0.4, -0.2) is 44.4 Å². The van der Waals surface area contributed by atoms with Crippen molar-refractivity contribution in [2.45, 2.75) is 25.5 Å². The Morgan fingerprint density at radius 1 is 1.57 bits per heavy atom. The summed E-state index contributed by atoms with van der Waals surface area (Å²) >= 11 is 0. The zero-order valence-corrected chi connectivity index (χ0v) is 12.6. The van der Waals surface area contributed by atoms with Crippen LogP contribution >= 0.6 is 0 Å². The summed E-state index contributed by atoms with van der Waals surface area (Å²) in [5.74, 6) is 5.49. The number of ether oxygens (including phenoxy) is 2. The van der Waals surface area contributed by atoms with E-state index < -0.39 is 6.04 Å². The first-order valence-corrected chi connectivity index (χ1v) is 7.33. The van der Waals surface area contributed by atoms with Gasteiger partial charge in [0.15, 0.2) is 11.6 Å². The van der Waals surface area contributed by atoms with Crippen LogP contribution in [0.5, 0.6) is 5.75 Å². The number of morpholine rings is 1. The molecule has 6 heteroatoms. The number of halogens is 1. The van der Waals surface area contributed by atoms with Crippen LogP contribution in [0.15, 0.2) is 18.2 Å². The van der Waals surface area contributed by atoms with Gasteiger partial charge in [0.25, 0.3) is 0 Å². The number of hydrazine groups is 1. The quantitative estimate of drug-likeness (QED) is 0.615. The summed E-state index contributed by atoms with van der Waals surface area (Å²) in [6.07, 6.45) is 0.901. The van der Waals surface area contributed by atoms with Crippen molar-refractivity contribution < 1.29 is 13.9 Å². The van der Waals surface area contributed by atoms with Crippen LogP contribution in [0.25, 0.3) is 0 Å². The molecule has 1 fully saturated rings. The largest absolute Gasteiger partial charge is 0.494 e. The highest BCUT2D eigenvalue weighted by molar-refractivity contribution is 5.33. The molecule has 0 radical (unpaired) electrons. The van der Waals surface area contributed by atoms with Gasteiger partial charge >= 0.3 is 0 Å². The van der Waals surface area contributed by atoms with Crippen molar-refractivity contribution in [3.63, 3.8) is 0 Å². The van der Waals surface area contributed by atoms with Crippen molar-refractivity contribution in [2.75, 3.05) is 33.4 Å². The Balaban J connectivity index is 2.19. The van der Waals surface area contributed by atoms with Gasteiger partial charge in [-0.05, 0) is 19.0 Å². The Labute approximate surface area is 125 Å². The zero-order chi connectivity index (χ0) is 15.2. The van der Waals surface area contributed by atoms with Gasteiger partial charge in [-0.1, -0.05) is 19.1 Å². The monoisotopic (exact) mass is 297 g/mol. The number of nitrogens with two attached hydrogens (primary N) is 1. The van der Waals surface area contributed by atoms with Gasteiger partial charge in [-0.25, -0.2) is 4.39 Å². The zero-order valence-electron chi connectivity index (χ0n) is 12.6. The van der Waals surface area contributed by atoms with Gasteiger partial charge in [0.1, 0.15) is 0 Å². The lowest BCUT2D eigenvalue weighted by molar-refractivity contribution is -0.0476. The minimum absolute atomic E-state index is 0.183. The SMILES string of the molecule is CCCN1CCOC(C(NN)c2cccc(OC)c2F)C1. The van der Waals surface area contributed by atoms with Gasteiger partial charge in [-0.3, -0.25) is 16.2 Å². The molecule has 1 aromatic carbocycles. The molecular weight excluding hydrogens is 273 g/mol. The fourth-order valence-corrected chi connectivity index (χ4v) is 2.78. The molecule has 0 bridgehead atoms. The Morgan fingerprint density at radius 3 is 3.05 bits per heavy atom. The van der Waals surface area contributed by atoms with Gasteiger partial charge in [-0.2, -0.15) is 0 Å². The summed E-state index contributed by atoms with van der Waals surface area (Å²) in [4.78, 5) is 2.32. The lowest BCUT2D eigenvalue weighted by Crippen LogP contribution is -2.49. The molecule has 1 aromatic rings. The second kappa shape index (κ2) is 7.70. The maximum atomic E-state index is 14.4. The van der Waals surface area contributed by atoms with E-state index in [1.165, 1.54) is 7.11 Å².